The molecule has 1 aliphatic carbocycles. The first-order valence-corrected chi connectivity index (χ1v) is 6.90. The minimum absolute atomic E-state index is 0.0586. The number of rotatable bonds is 3. The van der Waals surface area contributed by atoms with E-state index < -0.39 is 0 Å². The highest BCUT2D eigenvalue weighted by Crippen LogP contribution is 2.35. The lowest BCUT2D eigenvalue weighted by atomic mass is 9.76. The lowest BCUT2D eigenvalue weighted by molar-refractivity contribution is 0.287. The van der Waals surface area contributed by atoms with Crippen molar-refractivity contribution in [2.24, 2.45) is 5.73 Å². The van der Waals surface area contributed by atoms with Crippen molar-refractivity contribution >= 4 is 32.7 Å². The average Bonchev–Trinajstić information content (AvgIpc) is 2.33. The predicted octanol–water partition coefficient (Wildman–Crippen LogP) is 2.69. The molecule has 1 fully saturated rings. The topological polar surface area (TPSA) is 63.8 Å². The van der Waals surface area contributed by atoms with Gasteiger partial charge in [-0.2, -0.15) is 0 Å². The zero-order chi connectivity index (χ0) is 12.6. The van der Waals surface area contributed by atoms with Crippen LogP contribution in [0.2, 0.25) is 0 Å². The molecule has 0 amide bonds. The Morgan fingerprint density at radius 1 is 1.39 bits per heavy atom. The van der Waals surface area contributed by atoms with Gasteiger partial charge in [-0.05, 0) is 47.3 Å². The summed E-state index contributed by atoms with van der Waals surface area (Å²) in [6.45, 7) is 0.660. The van der Waals surface area contributed by atoms with Crippen LogP contribution in [-0.2, 0) is 0 Å². The molecule has 1 saturated carbocycles. The number of halogens is 1. The fourth-order valence-electron chi connectivity index (χ4n) is 2.38. The van der Waals surface area contributed by atoms with Crippen LogP contribution in [0.4, 0.5) is 5.69 Å². The zero-order valence-electron chi connectivity index (χ0n) is 9.99. The molecule has 0 aromatic carbocycles. The van der Waals surface area contributed by atoms with Crippen LogP contribution in [-0.4, -0.2) is 22.1 Å². The molecule has 3 rings (SSSR count). The minimum atomic E-state index is 0.0586. The number of anilines is 1. The van der Waals surface area contributed by atoms with Crippen molar-refractivity contribution in [2.75, 3.05) is 11.9 Å². The van der Waals surface area contributed by atoms with E-state index in [1.165, 1.54) is 6.42 Å². The number of nitrogens with one attached hydrogen (secondary N) is 1. The predicted molar refractivity (Wildman–Crippen MR) is 76.5 cm³/mol. The molecule has 2 heterocycles. The molecule has 0 radical (unpaired) electrons. The number of hydrogen-bond donors (Lipinski definition) is 2. The summed E-state index contributed by atoms with van der Waals surface area (Å²) >= 11 is 3.41. The number of nitrogens with two attached hydrogens (primary N) is 1. The number of nitrogens with zero attached hydrogens (tertiary/aromatic N) is 2. The standard InChI is InChI=1S/C13H15BrN4/c14-9-6-11-12(17-7-9)10(2-5-16-11)18-13(8-15)3-1-4-13/h2,5-7H,1,3-4,8,15H2,(H,16,18). The summed E-state index contributed by atoms with van der Waals surface area (Å²) in [5, 5.41) is 3.56. The van der Waals surface area contributed by atoms with Gasteiger partial charge in [-0.25, -0.2) is 0 Å². The van der Waals surface area contributed by atoms with Gasteiger partial charge in [0, 0.05) is 29.0 Å². The lowest BCUT2D eigenvalue weighted by Crippen LogP contribution is -2.51. The van der Waals surface area contributed by atoms with E-state index in [0.29, 0.717) is 6.54 Å². The molecule has 18 heavy (non-hydrogen) atoms. The lowest BCUT2D eigenvalue weighted by Gasteiger charge is -2.42. The van der Waals surface area contributed by atoms with Crippen LogP contribution >= 0.6 is 15.9 Å². The van der Waals surface area contributed by atoms with E-state index in [1.54, 1.807) is 6.20 Å². The van der Waals surface area contributed by atoms with E-state index >= 15 is 0 Å². The number of fused-ring (bicyclic) bond motifs is 1. The van der Waals surface area contributed by atoms with Crippen molar-refractivity contribution in [3.05, 3.63) is 29.0 Å². The second-order valence-electron chi connectivity index (χ2n) is 4.84. The third kappa shape index (κ3) is 1.97. The molecule has 0 aliphatic heterocycles. The van der Waals surface area contributed by atoms with E-state index in [1.807, 2.05) is 18.3 Å². The van der Waals surface area contributed by atoms with Gasteiger partial charge in [-0.15, -0.1) is 0 Å². The fraction of sp³-hybridized carbons (Fsp3) is 0.385. The smallest absolute Gasteiger partial charge is 0.112 e. The third-order valence-corrected chi connectivity index (χ3v) is 4.08. The number of pyridine rings is 2. The molecule has 0 atom stereocenters. The molecule has 0 unspecified atom stereocenters. The van der Waals surface area contributed by atoms with E-state index in [-0.39, 0.29) is 5.54 Å². The van der Waals surface area contributed by atoms with Gasteiger partial charge in [-0.3, -0.25) is 9.97 Å². The molecule has 2 aromatic rings. The SMILES string of the molecule is NCC1(Nc2ccnc3cc(Br)cnc23)CCC1. The van der Waals surface area contributed by atoms with Crippen molar-refractivity contribution in [2.45, 2.75) is 24.8 Å². The summed E-state index contributed by atoms with van der Waals surface area (Å²) in [6, 6.07) is 3.95. The third-order valence-electron chi connectivity index (χ3n) is 3.65. The van der Waals surface area contributed by atoms with Crippen LogP contribution in [0.25, 0.3) is 11.0 Å². The van der Waals surface area contributed by atoms with Crippen LogP contribution in [0.15, 0.2) is 29.0 Å². The van der Waals surface area contributed by atoms with Gasteiger partial charge in [0.15, 0.2) is 0 Å². The van der Waals surface area contributed by atoms with Gasteiger partial charge < -0.3 is 11.1 Å². The van der Waals surface area contributed by atoms with Crippen molar-refractivity contribution in [1.29, 1.82) is 0 Å². The zero-order valence-corrected chi connectivity index (χ0v) is 11.6. The van der Waals surface area contributed by atoms with Gasteiger partial charge >= 0.3 is 0 Å². The summed E-state index contributed by atoms with van der Waals surface area (Å²) in [4.78, 5) is 8.78. The normalized spacial score (nSPS) is 17.4. The highest BCUT2D eigenvalue weighted by atomic mass is 79.9. The molecular weight excluding hydrogens is 292 g/mol. The summed E-state index contributed by atoms with van der Waals surface area (Å²) in [5.74, 6) is 0. The summed E-state index contributed by atoms with van der Waals surface area (Å²) in [6.07, 6.45) is 7.10. The Morgan fingerprint density at radius 2 is 2.22 bits per heavy atom. The van der Waals surface area contributed by atoms with Crippen molar-refractivity contribution in [3.63, 3.8) is 0 Å². The Kier molecular flexibility index (Phi) is 2.95. The Balaban J connectivity index is 2.01. The molecule has 5 heteroatoms. The maximum Gasteiger partial charge on any atom is 0.112 e. The van der Waals surface area contributed by atoms with E-state index in [9.17, 15) is 0 Å². The average molecular weight is 307 g/mol. The number of hydrogen-bond acceptors (Lipinski definition) is 4. The van der Waals surface area contributed by atoms with Gasteiger partial charge in [-0.1, -0.05) is 0 Å². The van der Waals surface area contributed by atoms with Crippen molar-refractivity contribution in [1.82, 2.24) is 9.97 Å². The Morgan fingerprint density at radius 3 is 2.89 bits per heavy atom. The summed E-state index contributed by atoms with van der Waals surface area (Å²) in [7, 11) is 0. The van der Waals surface area contributed by atoms with Crippen molar-refractivity contribution < 1.29 is 0 Å². The largest absolute Gasteiger partial charge is 0.376 e. The Hall–Kier alpha value is -1.20. The van der Waals surface area contributed by atoms with E-state index in [4.69, 9.17) is 5.73 Å². The fourth-order valence-corrected chi connectivity index (χ4v) is 2.70. The van der Waals surface area contributed by atoms with Gasteiger partial charge in [0.1, 0.15) is 5.52 Å². The van der Waals surface area contributed by atoms with Crippen LogP contribution in [0, 0.1) is 0 Å². The molecule has 3 N–H and O–H groups in total. The molecule has 0 saturated heterocycles. The van der Waals surface area contributed by atoms with Crippen LogP contribution in [0.1, 0.15) is 19.3 Å². The quantitative estimate of drug-likeness (QED) is 0.915. The molecule has 0 spiro atoms. The second-order valence-corrected chi connectivity index (χ2v) is 5.76. The highest BCUT2D eigenvalue weighted by Gasteiger charge is 2.35. The molecule has 2 aromatic heterocycles. The van der Waals surface area contributed by atoms with E-state index in [2.05, 4.69) is 31.2 Å². The molecule has 0 bridgehead atoms. The molecule has 4 nitrogen and oxygen atoms in total. The monoisotopic (exact) mass is 306 g/mol. The summed E-state index contributed by atoms with van der Waals surface area (Å²) in [5.41, 5.74) is 8.76. The second kappa shape index (κ2) is 4.48. The van der Waals surface area contributed by atoms with Crippen LogP contribution < -0.4 is 11.1 Å². The molecular formula is C13H15BrN4. The van der Waals surface area contributed by atoms with E-state index in [0.717, 1.165) is 34.0 Å². The van der Waals surface area contributed by atoms with Gasteiger partial charge in [0.2, 0.25) is 0 Å². The van der Waals surface area contributed by atoms with Crippen molar-refractivity contribution in [3.8, 4) is 0 Å². The Bertz CT molecular complexity index is 575. The maximum atomic E-state index is 5.88. The minimum Gasteiger partial charge on any atom is -0.376 e. The highest BCUT2D eigenvalue weighted by molar-refractivity contribution is 9.10. The first-order valence-electron chi connectivity index (χ1n) is 6.11. The maximum absolute atomic E-state index is 5.88. The van der Waals surface area contributed by atoms with Crippen LogP contribution in [0.3, 0.4) is 0 Å². The van der Waals surface area contributed by atoms with Gasteiger partial charge in [0.25, 0.3) is 0 Å². The first kappa shape index (κ1) is 11.9. The molecule has 1 aliphatic rings. The summed E-state index contributed by atoms with van der Waals surface area (Å²) < 4.78 is 0.942. The molecule has 94 valence electrons. The number of aromatic nitrogens is 2. The Labute approximate surface area is 114 Å². The van der Waals surface area contributed by atoms with Gasteiger partial charge in [0.05, 0.1) is 11.2 Å². The van der Waals surface area contributed by atoms with Crippen LogP contribution in [0.5, 0.6) is 0 Å². The first-order chi connectivity index (χ1) is 8.72.